The Hall–Kier alpha value is -3.62. The molecule has 1 heterocycles. The van der Waals surface area contributed by atoms with E-state index in [2.05, 4.69) is 15.0 Å². The first-order chi connectivity index (χ1) is 22.1. The number of anilines is 1. The molecular weight excluding hydrogens is 619 g/mol. The van der Waals surface area contributed by atoms with Crippen molar-refractivity contribution in [2.24, 2.45) is 5.16 Å². The molecule has 1 aliphatic heterocycles. The second-order valence-electron chi connectivity index (χ2n) is 12.3. The van der Waals surface area contributed by atoms with Crippen LogP contribution in [0.1, 0.15) is 46.7 Å². The van der Waals surface area contributed by atoms with Crippen LogP contribution < -0.4 is 4.90 Å². The molecule has 0 aromatic heterocycles. The molecule has 242 valence electrons. The third kappa shape index (κ3) is 7.50. The average molecular weight is 662 g/mol. The van der Waals surface area contributed by atoms with Crippen molar-refractivity contribution in [2.75, 3.05) is 59.3 Å². The highest BCUT2D eigenvalue weighted by Crippen LogP contribution is 2.35. The SMILES string of the molecule is CO/N=C(\CN(C)C(=O)c1ccc(N(C)C)c2ccccc12)C(CCN1CCC(O)(c2ccccc2)CC1)c1ccc(Cl)c(Cl)c1. The normalized spacial score (nSPS) is 15.8. The van der Waals surface area contributed by atoms with Crippen molar-refractivity contribution in [3.8, 4) is 0 Å². The van der Waals surface area contributed by atoms with Gasteiger partial charge in [0.1, 0.15) is 7.11 Å². The molecule has 1 atom stereocenters. The standard InChI is InChI=1S/C37H42Cl2N4O3/c1-41(2)35-17-15-31(29-12-8-9-13-30(29)35)36(44)42(3)25-34(40-46-4)28(26-14-16-32(38)33(39)24-26)18-21-43-22-19-37(45,20-23-43)27-10-6-5-7-11-27/h5-17,24,28,45H,18-23,25H2,1-4H3/b40-34+. The van der Waals surface area contributed by atoms with Crippen LogP contribution in [0.4, 0.5) is 5.69 Å². The zero-order chi connectivity index (χ0) is 32.8. The van der Waals surface area contributed by atoms with Crippen LogP contribution >= 0.6 is 23.2 Å². The van der Waals surface area contributed by atoms with Gasteiger partial charge in [-0.15, -0.1) is 0 Å². The Morgan fingerprint density at radius 1 is 0.935 bits per heavy atom. The van der Waals surface area contributed by atoms with Crippen molar-refractivity contribution < 1.29 is 14.7 Å². The number of benzene rings is 4. The van der Waals surface area contributed by atoms with E-state index in [-0.39, 0.29) is 18.4 Å². The predicted octanol–water partition coefficient (Wildman–Crippen LogP) is 7.44. The first-order valence-electron chi connectivity index (χ1n) is 15.6. The highest BCUT2D eigenvalue weighted by atomic mass is 35.5. The molecule has 0 spiro atoms. The van der Waals surface area contributed by atoms with Crippen LogP contribution in [0, 0.1) is 0 Å². The lowest BCUT2D eigenvalue weighted by atomic mass is 9.84. The summed E-state index contributed by atoms with van der Waals surface area (Å²) in [6.07, 6.45) is 2.03. The molecule has 1 fully saturated rings. The monoisotopic (exact) mass is 660 g/mol. The van der Waals surface area contributed by atoms with E-state index in [1.807, 2.05) is 93.0 Å². The lowest BCUT2D eigenvalue weighted by molar-refractivity contribution is -0.0261. The number of nitrogens with zero attached hydrogens (tertiary/aromatic N) is 4. The van der Waals surface area contributed by atoms with Crippen molar-refractivity contribution in [2.45, 2.75) is 30.8 Å². The van der Waals surface area contributed by atoms with Crippen LogP contribution in [-0.4, -0.2) is 81.0 Å². The molecule has 9 heteroatoms. The highest BCUT2D eigenvalue weighted by Gasteiger charge is 2.34. The van der Waals surface area contributed by atoms with E-state index in [1.54, 1.807) is 18.0 Å². The number of hydrogen-bond acceptors (Lipinski definition) is 6. The second kappa shape index (κ2) is 14.9. The molecule has 1 unspecified atom stereocenters. The van der Waals surface area contributed by atoms with Gasteiger partial charge in [0.15, 0.2) is 0 Å². The Morgan fingerprint density at radius 2 is 1.61 bits per heavy atom. The minimum atomic E-state index is -0.818. The van der Waals surface area contributed by atoms with E-state index in [4.69, 9.17) is 28.0 Å². The summed E-state index contributed by atoms with van der Waals surface area (Å²) in [7, 11) is 7.32. The van der Waals surface area contributed by atoms with E-state index in [1.165, 1.54) is 7.11 Å². The van der Waals surface area contributed by atoms with Gasteiger partial charge >= 0.3 is 0 Å². The van der Waals surface area contributed by atoms with Gasteiger partial charge in [0.05, 0.1) is 27.9 Å². The summed E-state index contributed by atoms with van der Waals surface area (Å²) in [6.45, 7) is 2.57. The quantitative estimate of drug-likeness (QED) is 0.134. The van der Waals surface area contributed by atoms with Gasteiger partial charge in [-0.05, 0) is 66.6 Å². The van der Waals surface area contributed by atoms with Crippen molar-refractivity contribution in [1.29, 1.82) is 0 Å². The van der Waals surface area contributed by atoms with Crippen LogP contribution in [0.25, 0.3) is 10.8 Å². The summed E-state index contributed by atoms with van der Waals surface area (Å²) in [5.41, 5.74) is 3.49. The minimum absolute atomic E-state index is 0.102. The Kier molecular flexibility index (Phi) is 10.9. The summed E-state index contributed by atoms with van der Waals surface area (Å²) in [4.78, 5) is 25.5. The molecular formula is C37H42Cl2N4O3. The smallest absolute Gasteiger partial charge is 0.254 e. The van der Waals surface area contributed by atoms with Gasteiger partial charge in [0.2, 0.25) is 0 Å². The Morgan fingerprint density at radius 3 is 2.26 bits per heavy atom. The van der Waals surface area contributed by atoms with E-state index >= 15 is 0 Å². The molecule has 5 rings (SSSR count). The fourth-order valence-corrected chi connectivity index (χ4v) is 6.76. The third-order valence-electron chi connectivity index (χ3n) is 9.04. The number of hydrogen-bond donors (Lipinski definition) is 1. The number of aliphatic hydroxyl groups is 1. The fourth-order valence-electron chi connectivity index (χ4n) is 6.45. The molecule has 0 bridgehead atoms. The summed E-state index contributed by atoms with van der Waals surface area (Å²) in [5, 5.41) is 18.7. The summed E-state index contributed by atoms with van der Waals surface area (Å²) in [6, 6.07) is 27.4. The van der Waals surface area contributed by atoms with Crippen LogP contribution in [0.5, 0.6) is 0 Å². The van der Waals surface area contributed by atoms with E-state index in [0.29, 0.717) is 40.6 Å². The molecule has 1 amide bonds. The number of amides is 1. The molecule has 46 heavy (non-hydrogen) atoms. The average Bonchev–Trinajstić information content (AvgIpc) is 3.06. The molecule has 4 aromatic rings. The number of carbonyl (C=O) groups is 1. The van der Waals surface area contributed by atoms with Crippen molar-refractivity contribution in [1.82, 2.24) is 9.80 Å². The first kappa shape index (κ1) is 33.7. The summed E-state index contributed by atoms with van der Waals surface area (Å²) < 4.78 is 0. The maximum absolute atomic E-state index is 14.0. The molecule has 1 N–H and O–H groups in total. The van der Waals surface area contributed by atoms with Gasteiger partial charge in [-0.2, -0.15) is 0 Å². The molecule has 1 saturated heterocycles. The largest absolute Gasteiger partial charge is 0.399 e. The molecule has 1 aliphatic rings. The van der Waals surface area contributed by atoms with Crippen LogP contribution in [0.3, 0.4) is 0 Å². The van der Waals surface area contributed by atoms with Gasteiger partial charge in [-0.1, -0.05) is 89.0 Å². The predicted molar refractivity (Wildman–Crippen MR) is 190 cm³/mol. The lowest BCUT2D eigenvalue weighted by Crippen LogP contribution is -2.43. The number of piperidine rings is 1. The van der Waals surface area contributed by atoms with Gasteiger partial charge < -0.3 is 24.6 Å². The number of likely N-dealkylation sites (tertiary alicyclic amines) is 1. The zero-order valence-corrected chi connectivity index (χ0v) is 28.4. The third-order valence-corrected chi connectivity index (χ3v) is 9.78. The van der Waals surface area contributed by atoms with Gasteiger partial charge in [0.25, 0.3) is 5.91 Å². The van der Waals surface area contributed by atoms with Gasteiger partial charge in [0, 0.05) is 56.8 Å². The second-order valence-corrected chi connectivity index (χ2v) is 13.1. The summed E-state index contributed by atoms with van der Waals surface area (Å²) >= 11 is 12.8. The van der Waals surface area contributed by atoms with E-state index in [0.717, 1.165) is 47.2 Å². The van der Waals surface area contributed by atoms with Crippen molar-refractivity contribution in [3.63, 3.8) is 0 Å². The molecule has 4 aromatic carbocycles. The first-order valence-corrected chi connectivity index (χ1v) is 16.4. The number of rotatable bonds is 11. The zero-order valence-electron chi connectivity index (χ0n) is 26.9. The Balaban J connectivity index is 1.37. The highest BCUT2D eigenvalue weighted by molar-refractivity contribution is 6.42. The van der Waals surface area contributed by atoms with Crippen LogP contribution in [0.15, 0.2) is 90.1 Å². The molecule has 0 aliphatic carbocycles. The maximum Gasteiger partial charge on any atom is 0.254 e. The Labute approximate surface area is 282 Å². The molecule has 0 saturated carbocycles. The topological polar surface area (TPSA) is 68.6 Å². The Bertz CT molecular complexity index is 1690. The number of oxime groups is 1. The molecule has 0 radical (unpaired) electrons. The number of carbonyl (C=O) groups excluding carboxylic acids is 1. The number of halogens is 2. The fraction of sp³-hybridized carbons (Fsp3) is 0.351. The number of fused-ring (bicyclic) bond motifs is 1. The van der Waals surface area contributed by atoms with Crippen LogP contribution in [-0.2, 0) is 10.4 Å². The van der Waals surface area contributed by atoms with Crippen molar-refractivity contribution in [3.05, 3.63) is 112 Å². The van der Waals surface area contributed by atoms with Crippen molar-refractivity contribution >= 4 is 51.3 Å². The maximum atomic E-state index is 14.0. The van der Waals surface area contributed by atoms with Crippen LogP contribution in [0.2, 0.25) is 10.0 Å². The lowest BCUT2D eigenvalue weighted by Gasteiger charge is -2.39. The van der Waals surface area contributed by atoms with Gasteiger partial charge in [-0.25, -0.2) is 0 Å². The van der Waals surface area contributed by atoms with E-state index in [9.17, 15) is 9.90 Å². The molecule has 7 nitrogen and oxygen atoms in total. The minimum Gasteiger partial charge on any atom is -0.399 e. The summed E-state index contributed by atoms with van der Waals surface area (Å²) in [5.74, 6) is -0.290. The van der Waals surface area contributed by atoms with Gasteiger partial charge in [-0.3, -0.25) is 4.79 Å². The van der Waals surface area contributed by atoms with E-state index < -0.39 is 5.60 Å².